The number of fused-ring (bicyclic) bond motifs is 10. The molecule has 0 saturated carbocycles. The van der Waals surface area contributed by atoms with E-state index in [-0.39, 0.29) is 5.41 Å². The molecule has 0 atom stereocenters. The molecule has 9 aromatic carbocycles. The van der Waals surface area contributed by atoms with E-state index in [0.717, 1.165) is 81.9 Å². The minimum Gasteiger partial charge on any atom is -0.455 e. The van der Waals surface area contributed by atoms with Crippen LogP contribution in [-0.2, 0) is 5.41 Å². The quantitative estimate of drug-likeness (QED) is 0.167. The summed E-state index contributed by atoms with van der Waals surface area (Å²) in [4.78, 5) is 2.41. The molecular weight excluding hydrogens is 823 g/mol. The molecule has 298 valence electrons. The maximum Gasteiger partial charge on any atom is 0.159 e. The van der Waals surface area contributed by atoms with Crippen LogP contribution in [0, 0.1) is 0 Å². The van der Waals surface area contributed by atoms with Gasteiger partial charge >= 0.3 is 0 Å². The van der Waals surface area contributed by atoms with E-state index in [4.69, 9.17) is 8.83 Å². The van der Waals surface area contributed by atoms with Crippen LogP contribution in [0.25, 0.3) is 88.0 Å². The highest BCUT2D eigenvalue weighted by Gasteiger charge is 2.36. The second kappa shape index (κ2) is 13.8. The number of rotatable bonds is 6. The Morgan fingerprint density at radius 1 is 0.484 bits per heavy atom. The Labute approximate surface area is 369 Å². The summed E-state index contributed by atoms with van der Waals surface area (Å²) < 4.78 is 14.9. The predicted molar refractivity (Wildman–Crippen MR) is 263 cm³/mol. The molecule has 11 aromatic rings. The summed E-state index contributed by atoms with van der Waals surface area (Å²) >= 11 is 3.98. The third kappa shape index (κ3) is 5.42. The summed E-state index contributed by atoms with van der Waals surface area (Å²) in [5.74, 6) is 0.401. The monoisotopic (exact) mass is 863 g/mol. The minimum absolute atomic E-state index is 0.109. The fourth-order valence-electron chi connectivity index (χ4n) is 10.3. The number of hydrogen-bond acceptors (Lipinski definition) is 3. The second-order valence-corrected chi connectivity index (χ2v) is 18.4. The van der Waals surface area contributed by atoms with Gasteiger partial charge in [0.15, 0.2) is 5.58 Å². The highest BCUT2D eigenvalue weighted by atomic mass is 79.9. The lowest BCUT2D eigenvalue weighted by Crippen LogP contribution is -2.15. The van der Waals surface area contributed by atoms with Crippen LogP contribution in [0.2, 0.25) is 0 Å². The van der Waals surface area contributed by atoms with Crippen LogP contribution in [-0.4, -0.2) is 0 Å². The number of nitrogens with zero attached hydrogens (tertiary/aromatic N) is 1. The SMILES string of the molecule is CC(C)c1ccc2c(c1)oc1c(-c3cccc4oc5c(N(c6ccc7c(c6)-c6ccccc6C7(C)C)c6cccc7c(-c8ccccc8)cccc67)cccc5c34)c(Br)ccc12. The molecule has 0 fully saturated rings. The van der Waals surface area contributed by atoms with Crippen molar-refractivity contribution in [2.45, 2.75) is 39.0 Å². The summed E-state index contributed by atoms with van der Waals surface area (Å²) in [6, 6.07) is 63.8. The van der Waals surface area contributed by atoms with E-state index < -0.39 is 0 Å². The normalized spacial score (nSPS) is 13.2. The highest BCUT2D eigenvalue weighted by Crippen LogP contribution is 2.53. The molecule has 0 amide bonds. The third-order valence-corrected chi connectivity index (χ3v) is 14.0. The van der Waals surface area contributed by atoms with E-state index in [9.17, 15) is 0 Å². The molecule has 0 spiro atoms. The molecule has 2 heterocycles. The van der Waals surface area contributed by atoms with Gasteiger partial charge in [0, 0.05) is 48.1 Å². The molecule has 2 aromatic heterocycles. The molecule has 3 nitrogen and oxygen atoms in total. The first-order valence-electron chi connectivity index (χ1n) is 21.5. The van der Waals surface area contributed by atoms with Crippen LogP contribution >= 0.6 is 15.9 Å². The van der Waals surface area contributed by atoms with Crippen molar-refractivity contribution in [3.8, 4) is 33.4 Å². The number of halogens is 1. The molecule has 1 aliphatic carbocycles. The van der Waals surface area contributed by atoms with Crippen LogP contribution in [0.4, 0.5) is 17.1 Å². The molecule has 0 N–H and O–H groups in total. The van der Waals surface area contributed by atoms with Crippen molar-refractivity contribution in [1.82, 2.24) is 0 Å². The van der Waals surface area contributed by atoms with Crippen molar-refractivity contribution in [1.29, 1.82) is 0 Å². The standard InChI is InChI=1S/C58H42BrNO2/c1-34(2)36-26-28-42-43-29-31-49(59)55(57(43)62-53(42)32-36)44-20-13-25-52-54(44)45-21-12-24-51(56(45)61-52)60(37-27-30-48-46(33-37)40-16-8-9-22-47(40)58(48,3)4)50-23-11-18-39-38(17-10-19-41(39)50)35-14-6-5-7-15-35/h5-34H,1-4H3. The van der Waals surface area contributed by atoms with Gasteiger partial charge in [0.05, 0.1) is 11.4 Å². The molecule has 62 heavy (non-hydrogen) atoms. The highest BCUT2D eigenvalue weighted by molar-refractivity contribution is 9.10. The Kier molecular flexibility index (Phi) is 8.23. The first-order chi connectivity index (χ1) is 30.3. The van der Waals surface area contributed by atoms with Gasteiger partial charge < -0.3 is 13.7 Å². The summed E-state index contributed by atoms with van der Waals surface area (Å²) in [6.45, 7) is 9.12. The lowest BCUT2D eigenvalue weighted by atomic mass is 9.82. The van der Waals surface area contributed by atoms with E-state index in [1.165, 1.54) is 44.3 Å². The van der Waals surface area contributed by atoms with Crippen molar-refractivity contribution in [2.24, 2.45) is 0 Å². The molecule has 0 radical (unpaired) electrons. The van der Waals surface area contributed by atoms with Crippen LogP contribution < -0.4 is 4.90 Å². The molecule has 1 aliphatic rings. The number of benzene rings is 9. The Morgan fingerprint density at radius 3 is 2.02 bits per heavy atom. The average Bonchev–Trinajstić information content (AvgIpc) is 3.94. The van der Waals surface area contributed by atoms with Crippen molar-refractivity contribution in [2.75, 3.05) is 4.90 Å². The van der Waals surface area contributed by atoms with Crippen LogP contribution in [0.1, 0.15) is 50.3 Å². The van der Waals surface area contributed by atoms with Crippen LogP contribution in [0.5, 0.6) is 0 Å². The fourth-order valence-corrected chi connectivity index (χ4v) is 10.8. The number of para-hydroxylation sites is 1. The first-order valence-corrected chi connectivity index (χ1v) is 22.3. The second-order valence-electron chi connectivity index (χ2n) is 17.5. The molecule has 0 aliphatic heterocycles. The maximum atomic E-state index is 7.12. The Balaban J connectivity index is 1.12. The average molecular weight is 865 g/mol. The van der Waals surface area contributed by atoms with Gasteiger partial charge in [0.2, 0.25) is 0 Å². The van der Waals surface area contributed by atoms with Crippen molar-refractivity contribution >= 4 is 87.6 Å². The summed E-state index contributed by atoms with van der Waals surface area (Å²) in [6.07, 6.45) is 0. The van der Waals surface area contributed by atoms with Gasteiger partial charge in [-0.3, -0.25) is 0 Å². The van der Waals surface area contributed by atoms with Crippen LogP contribution in [0.3, 0.4) is 0 Å². The van der Waals surface area contributed by atoms with Gasteiger partial charge in [-0.15, -0.1) is 0 Å². The molecular formula is C58H42BrNO2. The van der Waals surface area contributed by atoms with E-state index in [1.807, 2.05) is 0 Å². The minimum atomic E-state index is -0.109. The third-order valence-electron chi connectivity index (χ3n) is 13.3. The summed E-state index contributed by atoms with van der Waals surface area (Å²) in [7, 11) is 0. The van der Waals surface area contributed by atoms with Gasteiger partial charge in [-0.1, -0.05) is 171 Å². The fraction of sp³-hybridized carbons (Fsp3) is 0.103. The van der Waals surface area contributed by atoms with Gasteiger partial charge in [-0.25, -0.2) is 0 Å². The molecule has 0 unspecified atom stereocenters. The topological polar surface area (TPSA) is 29.5 Å². The maximum absolute atomic E-state index is 7.12. The van der Waals surface area contributed by atoms with E-state index in [2.05, 4.69) is 224 Å². The predicted octanol–water partition coefficient (Wildman–Crippen LogP) is 17.6. The zero-order valence-electron chi connectivity index (χ0n) is 35.0. The molecule has 12 rings (SSSR count). The zero-order valence-corrected chi connectivity index (χ0v) is 36.5. The summed E-state index contributed by atoms with van der Waals surface area (Å²) in [5, 5.41) is 6.65. The smallest absolute Gasteiger partial charge is 0.159 e. The Hall–Kier alpha value is -6.88. The largest absolute Gasteiger partial charge is 0.455 e. The van der Waals surface area contributed by atoms with Gasteiger partial charge in [-0.05, 0) is 104 Å². The van der Waals surface area contributed by atoms with Crippen molar-refractivity contribution < 1.29 is 8.83 Å². The Bertz CT molecular complexity index is 3610. The van der Waals surface area contributed by atoms with Gasteiger partial charge in [0.25, 0.3) is 0 Å². The molecule has 4 heteroatoms. The van der Waals surface area contributed by atoms with E-state index >= 15 is 0 Å². The lowest BCUT2D eigenvalue weighted by molar-refractivity contribution is 0.660. The number of hydrogen-bond donors (Lipinski definition) is 0. The van der Waals surface area contributed by atoms with Crippen molar-refractivity contribution in [3.05, 3.63) is 197 Å². The van der Waals surface area contributed by atoms with Crippen LogP contribution in [0.15, 0.2) is 189 Å². The molecule has 0 bridgehead atoms. The van der Waals surface area contributed by atoms with E-state index in [0.29, 0.717) is 5.92 Å². The first kappa shape index (κ1) is 36.9. The summed E-state index contributed by atoms with van der Waals surface area (Å²) in [5.41, 5.74) is 17.4. The van der Waals surface area contributed by atoms with E-state index in [1.54, 1.807) is 0 Å². The number of furan rings is 2. The van der Waals surface area contributed by atoms with Gasteiger partial charge in [-0.2, -0.15) is 0 Å². The number of anilines is 3. The molecule has 0 saturated heterocycles. The van der Waals surface area contributed by atoms with Gasteiger partial charge in [0.1, 0.15) is 16.7 Å². The van der Waals surface area contributed by atoms with Crippen molar-refractivity contribution in [3.63, 3.8) is 0 Å². The lowest BCUT2D eigenvalue weighted by Gasteiger charge is -2.28. The zero-order chi connectivity index (χ0) is 41.9. The Morgan fingerprint density at radius 2 is 1.16 bits per heavy atom.